The maximum atomic E-state index is 13.4. The maximum absolute atomic E-state index is 13.4. The average molecular weight is 243 g/mol. The quantitative estimate of drug-likeness (QED) is 0.814. The Kier molecular flexibility index (Phi) is 3.12. The van der Waals surface area contributed by atoms with Gasteiger partial charge in [-0.25, -0.2) is 4.39 Å². The summed E-state index contributed by atoms with van der Waals surface area (Å²) >= 11 is 5.73. The Labute approximate surface area is 98.0 Å². The number of likely N-dealkylation sites (tertiary alicyclic amines) is 1. The highest BCUT2D eigenvalue weighted by molar-refractivity contribution is 6.31. The summed E-state index contributed by atoms with van der Waals surface area (Å²) in [5, 5.41) is 0.355. The summed E-state index contributed by atoms with van der Waals surface area (Å²) in [5.74, 6) is -0.886. The normalized spacial score (nSPS) is 20.2. The molecular weight excluding hydrogens is 231 g/mol. The third-order valence-electron chi connectivity index (χ3n) is 2.67. The van der Waals surface area contributed by atoms with Gasteiger partial charge in [0.15, 0.2) is 0 Å². The van der Waals surface area contributed by atoms with Crippen molar-refractivity contribution in [2.24, 2.45) is 5.73 Å². The highest BCUT2D eigenvalue weighted by atomic mass is 35.5. The lowest BCUT2D eigenvalue weighted by Crippen LogP contribution is -2.32. The Morgan fingerprint density at radius 3 is 2.94 bits per heavy atom. The molecule has 0 spiro atoms. The third kappa shape index (κ3) is 2.18. The Balaban J connectivity index is 2.23. The fourth-order valence-electron chi connectivity index (χ4n) is 1.80. The molecule has 0 bridgehead atoms. The standard InChI is InChI=1S/C11H12ClFN2O/c12-7-1-2-10(13)9(5-7)11(16)15-4-3-8(14)6-15/h1-2,5,8H,3-4,6,14H2/t8-/m0/s1. The summed E-state index contributed by atoms with van der Waals surface area (Å²) in [5.41, 5.74) is 5.71. The minimum atomic E-state index is -0.546. The van der Waals surface area contributed by atoms with E-state index < -0.39 is 5.82 Å². The van der Waals surface area contributed by atoms with Gasteiger partial charge in [-0.1, -0.05) is 11.6 Å². The largest absolute Gasteiger partial charge is 0.337 e. The molecule has 2 N–H and O–H groups in total. The molecule has 2 rings (SSSR count). The first-order chi connectivity index (χ1) is 7.58. The van der Waals surface area contributed by atoms with Crippen LogP contribution in [0.2, 0.25) is 5.02 Å². The summed E-state index contributed by atoms with van der Waals surface area (Å²) in [4.78, 5) is 13.5. The lowest BCUT2D eigenvalue weighted by atomic mass is 10.2. The van der Waals surface area contributed by atoms with E-state index in [1.165, 1.54) is 18.2 Å². The molecule has 1 saturated heterocycles. The number of benzene rings is 1. The van der Waals surface area contributed by atoms with E-state index in [0.29, 0.717) is 18.1 Å². The number of amides is 1. The minimum absolute atomic E-state index is 0.00815. The van der Waals surface area contributed by atoms with Crippen LogP contribution in [0.25, 0.3) is 0 Å². The number of nitrogens with two attached hydrogens (primary N) is 1. The smallest absolute Gasteiger partial charge is 0.256 e. The fraction of sp³-hybridized carbons (Fsp3) is 0.364. The lowest BCUT2D eigenvalue weighted by molar-refractivity contribution is 0.0786. The summed E-state index contributed by atoms with van der Waals surface area (Å²) < 4.78 is 13.4. The summed E-state index contributed by atoms with van der Waals surface area (Å²) in [7, 11) is 0. The molecule has 86 valence electrons. The second-order valence-corrected chi connectivity index (χ2v) is 4.36. The van der Waals surface area contributed by atoms with Gasteiger partial charge in [-0.2, -0.15) is 0 Å². The second kappa shape index (κ2) is 4.39. The van der Waals surface area contributed by atoms with Gasteiger partial charge in [0.25, 0.3) is 5.91 Å². The number of halogens is 2. The SMILES string of the molecule is N[C@H]1CCN(C(=O)c2cc(Cl)ccc2F)C1. The van der Waals surface area contributed by atoms with Crippen molar-refractivity contribution in [1.29, 1.82) is 0 Å². The molecule has 1 heterocycles. The molecule has 1 amide bonds. The van der Waals surface area contributed by atoms with Crippen LogP contribution in [-0.4, -0.2) is 29.9 Å². The Bertz CT molecular complexity index is 424. The van der Waals surface area contributed by atoms with Crippen LogP contribution in [0.5, 0.6) is 0 Å². The molecule has 1 aliphatic heterocycles. The fourth-order valence-corrected chi connectivity index (χ4v) is 1.98. The maximum Gasteiger partial charge on any atom is 0.256 e. The molecule has 1 aliphatic rings. The summed E-state index contributed by atoms with van der Waals surface area (Å²) in [6.07, 6.45) is 0.758. The van der Waals surface area contributed by atoms with Crippen molar-refractivity contribution in [2.75, 3.05) is 13.1 Å². The Hall–Kier alpha value is -1.13. The molecule has 1 fully saturated rings. The van der Waals surface area contributed by atoms with E-state index in [2.05, 4.69) is 0 Å². The summed E-state index contributed by atoms with van der Waals surface area (Å²) in [6.45, 7) is 1.05. The van der Waals surface area contributed by atoms with Gasteiger partial charge in [-0.05, 0) is 24.6 Å². The zero-order valence-corrected chi connectivity index (χ0v) is 9.38. The monoisotopic (exact) mass is 242 g/mol. The first-order valence-corrected chi connectivity index (χ1v) is 5.45. The van der Waals surface area contributed by atoms with Crippen molar-refractivity contribution in [2.45, 2.75) is 12.5 Å². The van der Waals surface area contributed by atoms with E-state index in [0.717, 1.165) is 6.42 Å². The van der Waals surface area contributed by atoms with Gasteiger partial charge in [0.05, 0.1) is 5.56 Å². The van der Waals surface area contributed by atoms with Crippen LogP contribution in [0, 0.1) is 5.82 Å². The molecule has 5 heteroatoms. The van der Waals surface area contributed by atoms with E-state index in [9.17, 15) is 9.18 Å². The molecule has 1 atom stereocenters. The minimum Gasteiger partial charge on any atom is -0.337 e. The molecule has 0 radical (unpaired) electrons. The van der Waals surface area contributed by atoms with Gasteiger partial charge in [0.2, 0.25) is 0 Å². The first-order valence-electron chi connectivity index (χ1n) is 5.08. The number of carbonyl (C=O) groups is 1. The predicted octanol–water partition coefficient (Wildman–Crippen LogP) is 1.65. The topological polar surface area (TPSA) is 46.3 Å². The molecule has 3 nitrogen and oxygen atoms in total. The number of nitrogens with zero attached hydrogens (tertiary/aromatic N) is 1. The van der Waals surface area contributed by atoms with E-state index in [4.69, 9.17) is 17.3 Å². The summed E-state index contributed by atoms with van der Waals surface area (Å²) in [6, 6.07) is 3.96. The third-order valence-corrected chi connectivity index (χ3v) is 2.91. The van der Waals surface area contributed by atoms with Crippen LogP contribution >= 0.6 is 11.6 Å². The molecule has 1 aromatic rings. The van der Waals surface area contributed by atoms with Crippen LogP contribution in [0.1, 0.15) is 16.8 Å². The van der Waals surface area contributed by atoms with Crippen LogP contribution < -0.4 is 5.73 Å². The van der Waals surface area contributed by atoms with Crippen molar-refractivity contribution in [3.8, 4) is 0 Å². The highest BCUT2D eigenvalue weighted by Gasteiger charge is 2.26. The highest BCUT2D eigenvalue weighted by Crippen LogP contribution is 2.18. The van der Waals surface area contributed by atoms with Crippen molar-refractivity contribution < 1.29 is 9.18 Å². The zero-order chi connectivity index (χ0) is 11.7. The number of rotatable bonds is 1. The van der Waals surface area contributed by atoms with Gasteiger partial charge in [-0.3, -0.25) is 4.79 Å². The van der Waals surface area contributed by atoms with E-state index >= 15 is 0 Å². The van der Waals surface area contributed by atoms with Crippen LogP contribution in [0.4, 0.5) is 4.39 Å². The predicted molar refractivity (Wildman–Crippen MR) is 59.9 cm³/mol. The number of hydrogen-bond acceptors (Lipinski definition) is 2. The first kappa shape index (κ1) is 11.4. The van der Waals surface area contributed by atoms with E-state index in [-0.39, 0.29) is 17.5 Å². The molecule has 1 aromatic carbocycles. The van der Waals surface area contributed by atoms with Crippen LogP contribution in [0.15, 0.2) is 18.2 Å². The van der Waals surface area contributed by atoms with Crippen molar-refractivity contribution in [1.82, 2.24) is 4.90 Å². The molecular formula is C11H12ClFN2O. The Morgan fingerprint density at radius 2 is 2.31 bits per heavy atom. The molecule has 0 aliphatic carbocycles. The lowest BCUT2D eigenvalue weighted by Gasteiger charge is -2.16. The number of carbonyl (C=O) groups excluding carboxylic acids is 1. The molecule has 0 aromatic heterocycles. The van der Waals surface area contributed by atoms with E-state index in [1.54, 1.807) is 4.90 Å². The number of hydrogen-bond donors (Lipinski definition) is 1. The zero-order valence-electron chi connectivity index (χ0n) is 8.62. The van der Waals surface area contributed by atoms with E-state index in [1.807, 2.05) is 0 Å². The van der Waals surface area contributed by atoms with Crippen molar-refractivity contribution in [3.63, 3.8) is 0 Å². The van der Waals surface area contributed by atoms with Crippen molar-refractivity contribution >= 4 is 17.5 Å². The van der Waals surface area contributed by atoms with Gasteiger partial charge in [0, 0.05) is 24.2 Å². The van der Waals surface area contributed by atoms with Gasteiger partial charge in [-0.15, -0.1) is 0 Å². The van der Waals surface area contributed by atoms with Crippen LogP contribution in [-0.2, 0) is 0 Å². The molecule has 16 heavy (non-hydrogen) atoms. The van der Waals surface area contributed by atoms with Gasteiger partial charge in [0.1, 0.15) is 5.82 Å². The van der Waals surface area contributed by atoms with Gasteiger partial charge >= 0.3 is 0 Å². The van der Waals surface area contributed by atoms with Crippen LogP contribution in [0.3, 0.4) is 0 Å². The van der Waals surface area contributed by atoms with Gasteiger partial charge < -0.3 is 10.6 Å². The Morgan fingerprint density at radius 1 is 1.56 bits per heavy atom. The van der Waals surface area contributed by atoms with Crippen molar-refractivity contribution in [3.05, 3.63) is 34.6 Å². The second-order valence-electron chi connectivity index (χ2n) is 3.92. The molecule has 0 saturated carbocycles. The average Bonchev–Trinajstić information content (AvgIpc) is 2.67. The molecule has 0 unspecified atom stereocenters.